The number of hydrogen-bond donors (Lipinski definition) is 1. The van der Waals surface area contributed by atoms with Crippen molar-refractivity contribution < 1.29 is 4.94 Å². The topological polar surface area (TPSA) is 47.6 Å². The average molecular weight is 184 g/mol. The molecule has 0 atom stereocenters. The Morgan fingerprint density at radius 1 is 0.846 bits per heavy atom. The van der Waals surface area contributed by atoms with E-state index in [1.807, 2.05) is 0 Å². The Balaban J connectivity index is 2.30. The van der Waals surface area contributed by atoms with Crippen molar-refractivity contribution in [1.29, 1.82) is 0 Å². The van der Waals surface area contributed by atoms with Crippen molar-refractivity contribution in [3.05, 3.63) is 0 Å². The van der Waals surface area contributed by atoms with Crippen LogP contribution in [0.4, 0.5) is 0 Å². The fraction of sp³-hybridized carbons (Fsp3) is 0.900. The molecule has 0 spiro atoms. The molecule has 1 aliphatic rings. The lowest BCUT2D eigenvalue weighted by Gasteiger charge is -2.08. The number of rotatable bonds is 1. The number of oxime groups is 1. The van der Waals surface area contributed by atoms with Gasteiger partial charge in [-0.15, -0.1) is 5.90 Å². The third-order valence-electron chi connectivity index (χ3n) is 2.61. The van der Waals surface area contributed by atoms with Crippen molar-refractivity contribution in [3.63, 3.8) is 0 Å². The van der Waals surface area contributed by atoms with Crippen LogP contribution in [-0.2, 0) is 4.94 Å². The smallest absolute Gasteiger partial charge is 0.0597 e. The van der Waals surface area contributed by atoms with E-state index < -0.39 is 0 Å². The van der Waals surface area contributed by atoms with Crippen molar-refractivity contribution in [3.8, 4) is 0 Å². The highest BCUT2D eigenvalue weighted by Crippen LogP contribution is 2.15. The molecule has 0 aromatic rings. The highest BCUT2D eigenvalue weighted by atomic mass is 16.7. The summed E-state index contributed by atoms with van der Waals surface area (Å²) in [6, 6.07) is 0. The van der Waals surface area contributed by atoms with Gasteiger partial charge in [-0.05, 0) is 25.7 Å². The van der Waals surface area contributed by atoms with Crippen molar-refractivity contribution >= 4 is 5.71 Å². The molecule has 0 heterocycles. The number of nitrogens with zero attached hydrogens (tertiary/aromatic N) is 1. The minimum Gasteiger partial charge on any atom is -0.303 e. The summed E-state index contributed by atoms with van der Waals surface area (Å²) in [7, 11) is 0. The summed E-state index contributed by atoms with van der Waals surface area (Å²) < 4.78 is 0. The quantitative estimate of drug-likeness (QED) is 0.637. The van der Waals surface area contributed by atoms with Gasteiger partial charge in [-0.3, -0.25) is 0 Å². The Kier molecular flexibility index (Phi) is 5.57. The fourth-order valence-electron chi connectivity index (χ4n) is 1.83. The first kappa shape index (κ1) is 10.5. The molecule has 3 heteroatoms. The summed E-state index contributed by atoms with van der Waals surface area (Å²) in [5, 5.41) is 3.85. The van der Waals surface area contributed by atoms with Crippen LogP contribution in [0.25, 0.3) is 0 Å². The first-order valence-electron chi connectivity index (χ1n) is 5.35. The zero-order valence-corrected chi connectivity index (χ0v) is 8.30. The molecule has 0 unspecified atom stereocenters. The SMILES string of the molecule is NON=C1CCCCCCCCC1. The van der Waals surface area contributed by atoms with Crippen LogP contribution in [0.2, 0.25) is 0 Å². The van der Waals surface area contributed by atoms with Gasteiger partial charge in [-0.2, -0.15) is 0 Å². The number of nitrogens with two attached hydrogens (primary N) is 1. The molecule has 0 bridgehead atoms. The molecule has 13 heavy (non-hydrogen) atoms. The average Bonchev–Trinajstić information content (AvgIpc) is 2.16. The first-order valence-corrected chi connectivity index (χ1v) is 5.35. The van der Waals surface area contributed by atoms with Crippen LogP contribution in [0.15, 0.2) is 5.16 Å². The molecule has 0 amide bonds. The van der Waals surface area contributed by atoms with Gasteiger partial charge in [0, 0.05) is 0 Å². The molecule has 1 rings (SSSR count). The van der Waals surface area contributed by atoms with E-state index in [2.05, 4.69) is 10.1 Å². The van der Waals surface area contributed by atoms with Gasteiger partial charge in [0.1, 0.15) is 0 Å². The molecular weight excluding hydrogens is 164 g/mol. The van der Waals surface area contributed by atoms with Crippen LogP contribution in [0, 0.1) is 0 Å². The third-order valence-corrected chi connectivity index (χ3v) is 2.61. The second kappa shape index (κ2) is 6.89. The van der Waals surface area contributed by atoms with Crippen LogP contribution in [0.5, 0.6) is 0 Å². The van der Waals surface area contributed by atoms with Crippen molar-refractivity contribution in [2.75, 3.05) is 0 Å². The highest BCUT2D eigenvalue weighted by Gasteiger charge is 2.03. The summed E-state index contributed by atoms with van der Waals surface area (Å²) in [5.41, 5.74) is 1.14. The Labute approximate surface area is 80.3 Å². The molecule has 0 saturated heterocycles. The molecule has 2 N–H and O–H groups in total. The van der Waals surface area contributed by atoms with E-state index in [9.17, 15) is 0 Å². The van der Waals surface area contributed by atoms with Gasteiger partial charge >= 0.3 is 0 Å². The zero-order valence-electron chi connectivity index (χ0n) is 8.30. The van der Waals surface area contributed by atoms with Gasteiger partial charge in [0.05, 0.1) is 5.71 Å². The molecule has 1 saturated carbocycles. The van der Waals surface area contributed by atoms with E-state index in [4.69, 9.17) is 5.90 Å². The monoisotopic (exact) mass is 184 g/mol. The molecule has 0 aliphatic heterocycles. The Morgan fingerprint density at radius 2 is 1.31 bits per heavy atom. The standard InChI is InChI=1S/C10H20N2O/c11-13-12-10-8-6-4-2-1-3-5-7-9-10/h1-9,11H2. The molecular formula is C10H20N2O. The molecule has 76 valence electrons. The second-order valence-electron chi connectivity index (χ2n) is 3.74. The first-order chi connectivity index (χ1) is 6.43. The fourth-order valence-corrected chi connectivity index (χ4v) is 1.83. The van der Waals surface area contributed by atoms with Gasteiger partial charge in [0.25, 0.3) is 0 Å². The van der Waals surface area contributed by atoms with E-state index >= 15 is 0 Å². The van der Waals surface area contributed by atoms with Gasteiger partial charge < -0.3 is 4.94 Å². The Hall–Kier alpha value is -0.570. The largest absolute Gasteiger partial charge is 0.303 e. The lowest BCUT2D eigenvalue weighted by molar-refractivity contribution is 0.147. The van der Waals surface area contributed by atoms with E-state index in [1.165, 1.54) is 44.9 Å². The van der Waals surface area contributed by atoms with Crippen LogP contribution >= 0.6 is 0 Å². The van der Waals surface area contributed by atoms with Crippen LogP contribution < -0.4 is 5.90 Å². The molecule has 1 aliphatic carbocycles. The predicted octanol–water partition coefficient (Wildman–Crippen LogP) is 2.76. The summed E-state index contributed by atoms with van der Waals surface area (Å²) in [6.45, 7) is 0. The maximum atomic E-state index is 4.93. The molecule has 0 aromatic heterocycles. The third kappa shape index (κ3) is 4.88. The van der Waals surface area contributed by atoms with Gasteiger partial charge in [-0.1, -0.05) is 37.3 Å². The zero-order chi connectivity index (χ0) is 9.36. The molecule has 1 fully saturated rings. The molecule has 0 radical (unpaired) electrons. The second-order valence-corrected chi connectivity index (χ2v) is 3.74. The van der Waals surface area contributed by atoms with Gasteiger partial charge in [-0.25, -0.2) is 0 Å². The van der Waals surface area contributed by atoms with Crippen LogP contribution in [0.1, 0.15) is 57.8 Å². The van der Waals surface area contributed by atoms with E-state index in [0.29, 0.717) is 0 Å². The van der Waals surface area contributed by atoms with Gasteiger partial charge in [0.2, 0.25) is 0 Å². The van der Waals surface area contributed by atoms with Crippen LogP contribution in [0.3, 0.4) is 0 Å². The summed E-state index contributed by atoms with van der Waals surface area (Å²) in [4.78, 5) is 4.34. The van der Waals surface area contributed by atoms with E-state index in [0.717, 1.165) is 18.6 Å². The lowest BCUT2D eigenvalue weighted by Crippen LogP contribution is -2.03. The highest BCUT2D eigenvalue weighted by molar-refractivity contribution is 5.83. The lowest BCUT2D eigenvalue weighted by atomic mass is 10.00. The van der Waals surface area contributed by atoms with E-state index in [1.54, 1.807) is 0 Å². The predicted molar refractivity (Wildman–Crippen MR) is 54.3 cm³/mol. The van der Waals surface area contributed by atoms with Crippen LogP contribution in [-0.4, -0.2) is 5.71 Å². The summed E-state index contributed by atoms with van der Waals surface area (Å²) in [5.74, 6) is 4.93. The maximum Gasteiger partial charge on any atom is 0.0597 e. The maximum absolute atomic E-state index is 4.93. The molecule has 3 nitrogen and oxygen atoms in total. The molecule has 0 aromatic carbocycles. The Bertz CT molecular complexity index is 145. The minimum absolute atomic E-state index is 1.07. The minimum atomic E-state index is 1.07. The Morgan fingerprint density at radius 3 is 1.77 bits per heavy atom. The normalized spacial score (nSPS) is 20.8. The number of hydrogen-bond acceptors (Lipinski definition) is 3. The summed E-state index contributed by atoms with van der Waals surface area (Å²) in [6.07, 6.45) is 11.4. The van der Waals surface area contributed by atoms with E-state index in [-0.39, 0.29) is 0 Å². The van der Waals surface area contributed by atoms with Crippen molar-refractivity contribution in [2.24, 2.45) is 11.1 Å². The van der Waals surface area contributed by atoms with Crippen molar-refractivity contribution in [1.82, 2.24) is 0 Å². The summed E-state index contributed by atoms with van der Waals surface area (Å²) >= 11 is 0. The van der Waals surface area contributed by atoms with Crippen molar-refractivity contribution in [2.45, 2.75) is 57.8 Å². The van der Waals surface area contributed by atoms with Gasteiger partial charge in [0.15, 0.2) is 0 Å².